The molecule has 3 aliphatic heterocycles. The molecule has 0 unspecified atom stereocenters. The van der Waals surface area contributed by atoms with Crippen molar-refractivity contribution in [3.8, 4) is 0 Å². The van der Waals surface area contributed by atoms with Gasteiger partial charge in [-0.15, -0.1) is 0 Å². The second-order valence-electron chi connectivity index (χ2n) is 17.5. The number of nitrogens with zero attached hydrogens (tertiary/aromatic N) is 7. The van der Waals surface area contributed by atoms with Gasteiger partial charge in [0.05, 0.1) is 0 Å². The molecule has 67 heavy (non-hydrogen) atoms. The highest BCUT2D eigenvalue weighted by atomic mass is 15.5. The molecule has 12 aromatic carbocycles. The third-order valence-electron chi connectivity index (χ3n) is 13.8. The minimum Gasteiger partial charge on any atom is -0.213 e. The molecule has 3 aliphatic rings. The van der Waals surface area contributed by atoms with Crippen molar-refractivity contribution in [2.75, 3.05) is 0 Å². The molecule has 308 valence electrons. The van der Waals surface area contributed by atoms with Gasteiger partial charge in [0.1, 0.15) is 0 Å². The predicted molar refractivity (Wildman–Crippen MR) is 281 cm³/mol. The van der Waals surface area contributed by atoms with Crippen LogP contribution < -0.4 is 0 Å². The van der Waals surface area contributed by atoms with Crippen molar-refractivity contribution in [1.82, 2.24) is 4.90 Å². The maximum absolute atomic E-state index is 5.21. The molecule has 12 aromatic rings. The number of guanidine groups is 3. The fourth-order valence-corrected chi connectivity index (χ4v) is 10.6. The number of benzene rings is 12. The smallest absolute Gasteiger partial charge is 0.213 e. The van der Waals surface area contributed by atoms with Crippen molar-refractivity contribution in [2.45, 2.75) is 0 Å². The van der Waals surface area contributed by atoms with E-state index in [0.29, 0.717) is 35.4 Å². The van der Waals surface area contributed by atoms with Crippen LogP contribution in [0, 0.1) is 0 Å². The Morgan fingerprint density at radius 1 is 0.224 bits per heavy atom. The summed E-state index contributed by atoms with van der Waals surface area (Å²) in [5.74, 6) is 2.78. The van der Waals surface area contributed by atoms with E-state index in [1.54, 1.807) is 4.90 Å². The average Bonchev–Trinajstić information content (AvgIpc) is 3.39. The second-order valence-corrected chi connectivity index (χ2v) is 17.5. The monoisotopic (exact) mass is 851 g/mol. The molecule has 0 spiro atoms. The quantitative estimate of drug-likeness (QED) is 0.163. The lowest BCUT2D eigenvalue weighted by Crippen LogP contribution is -2.48. The summed E-state index contributed by atoms with van der Waals surface area (Å²) in [5.41, 5.74) is 2.59. The molecule has 0 amide bonds. The van der Waals surface area contributed by atoms with Crippen LogP contribution in [-0.4, -0.2) is 40.3 Å². The lowest BCUT2D eigenvalue weighted by molar-refractivity contribution is 0.828. The van der Waals surface area contributed by atoms with Gasteiger partial charge in [0, 0.05) is 16.7 Å². The molecule has 7 nitrogen and oxygen atoms in total. The Bertz CT molecular complexity index is 3990. The number of aliphatic imine (C=N–C) groups is 6. The Labute approximate surface area is 382 Å². The average molecular weight is 852 g/mol. The number of amidine groups is 3. The van der Waals surface area contributed by atoms with Crippen LogP contribution in [0.25, 0.3) is 97.0 Å². The lowest BCUT2D eigenvalue weighted by atomic mass is 9.95. The summed E-state index contributed by atoms with van der Waals surface area (Å²) in [7, 11) is 0. The molecule has 0 saturated carbocycles. The predicted octanol–water partition coefficient (Wildman–Crippen LogP) is 14.1. The second kappa shape index (κ2) is 13.7. The molecular formula is C60H33N7. The van der Waals surface area contributed by atoms with Gasteiger partial charge >= 0.3 is 0 Å². The van der Waals surface area contributed by atoms with Gasteiger partial charge in [-0.05, 0) is 115 Å². The number of fused-ring (bicyclic) bond motifs is 15. The highest BCUT2D eigenvalue weighted by Crippen LogP contribution is 2.37. The topological polar surface area (TPSA) is 77.4 Å². The fraction of sp³-hybridized carbons (Fsp3) is 0. The summed E-state index contributed by atoms with van der Waals surface area (Å²) in [4.78, 5) is 33.0. The highest BCUT2D eigenvalue weighted by molar-refractivity contribution is 6.35. The molecule has 7 heteroatoms. The van der Waals surface area contributed by atoms with Crippen molar-refractivity contribution >= 4 is 132 Å². The highest BCUT2D eigenvalue weighted by Gasteiger charge is 2.36. The first kappa shape index (κ1) is 36.2. The molecule has 0 aromatic heterocycles. The SMILES string of the molecule is c1ccc2c(c1)ccc1ccc3ccc(C4=NC5=NC(c6ccc7ccc8ccc9ccccc9c8c7c6)=NC6=NC(c7ccc8ccc9ccc%10ccccc%10c9c8c7)=NC(=N4)N56)cc3c12. The van der Waals surface area contributed by atoms with E-state index in [9.17, 15) is 0 Å². The molecule has 0 N–H and O–H groups in total. The normalized spacial score (nSPS) is 14.8. The standard InChI is InChI=1S/C60H33N7/c1-4-10-46-34(7-1)13-22-40-25-16-37-19-28-43(31-49(37)52(40)46)55-61-58-63-56(44-29-20-38-17-26-41-23-14-35-8-2-5-11-47(35)53(41)50(38)32-44)65-60-66-57(64-59(62-55)67(58)60)45-30-21-39-18-27-42-24-15-36-9-3-6-12-48(36)54(42)51(39)33-45/h1-33H. The largest absolute Gasteiger partial charge is 0.243 e. The zero-order chi connectivity index (χ0) is 43.7. The van der Waals surface area contributed by atoms with E-state index < -0.39 is 0 Å². The summed E-state index contributed by atoms with van der Waals surface area (Å²) < 4.78 is 0. The van der Waals surface area contributed by atoms with Gasteiger partial charge in [0.25, 0.3) is 0 Å². The maximum atomic E-state index is 5.21. The summed E-state index contributed by atoms with van der Waals surface area (Å²) in [5, 5.41) is 21.2. The Kier molecular flexibility index (Phi) is 7.37. The molecule has 0 fully saturated rings. The molecule has 0 atom stereocenters. The maximum Gasteiger partial charge on any atom is 0.243 e. The summed E-state index contributed by atoms with van der Waals surface area (Å²) in [6.45, 7) is 0. The first-order valence-electron chi connectivity index (χ1n) is 22.5. The Balaban J connectivity index is 0.952. The number of rotatable bonds is 3. The van der Waals surface area contributed by atoms with Gasteiger partial charge in [0.15, 0.2) is 17.5 Å². The van der Waals surface area contributed by atoms with Crippen molar-refractivity contribution in [1.29, 1.82) is 0 Å². The van der Waals surface area contributed by atoms with E-state index in [1.165, 1.54) is 64.6 Å². The molecule has 0 bridgehead atoms. The molecule has 3 heterocycles. The van der Waals surface area contributed by atoms with Gasteiger partial charge < -0.3 is 0 Å². The van der Waals surface area contributed by atoms with E-state index in [1.807, 2.05) is 0 Å². The summed E-state index contributed by atoms with van der Waals surface area (Å²) in [6.07, 6.45) is 0. The van der Waals surface area contributed by atoms with Crippen LogP contribution in [0.3, 0.4) is 0 Å². The van der Waals surface area contributed by atoms with Gasteiger partial charge in [-0.25, -0.2) is 4.90 Å². The van der Waals surface area contributed by atoms with Gasteiger partial charge in [0.2, 0.25) is 17.9 Å². The van der Waals surface area contributed by atoms with Crippen molar-refractivity contribution in [3.63, 3.8) is 0 Å². The molecule has 15 rings (SSSR count). The van der Waals surface area contributed by atoms with E-state index >= 15 is 0 Å². The van der Waals surface area contributed by atoms with Crippen molar-refractivity contribution in [3.05, 3.63) is 217 Å². The van der Waals surface area contributed by atoms with E-state index in [4.69, 9.17) is 30.0 Å². The van der Waals surface area contributed by atoms with Crippen LogP contribution in [0.5, 0.6) is 0 Å². The van der Waals surface area contributed by atoms with Crippen LogP contribution in [0.1, 0.15) is 16.7 Å². The molecular weight excluding hydrogens is 819 g/mol. The first-order valence-corrected chi connectivity index (χ1v) is 22.5. The summed E-state index contributed by atoms with van der Waals surface area (Å²) in [6, 6.07) is 71.4. The Morgan fingerprint density at radius 2 is 0.478 bits per heavy atom. The van der Waals surface area contributed by atoms with Crippen molar-refractivity contribution < 1.29 is 0 Å². The number of hydrogen-bond donors (Lipinski definition) is 0. The van der Waals surface area contributed by atoms with Gasteiger partial charge in [-0.3, -0.25) is 0 Å². The minimum atomic E-state index is 0.412. The fourth-order valence-electron chi connectivity index (χ4n) is 10.6. The Hall–Kier alpha value is -9.20. The van der Waals surface area contributed by atoms with E-state index in [0.717, 1.165) is 49.0 Å². The Morgan fingerprint density at radius 3 is 0.791 bits per heavy atom. The lowest BCUT2D eigenvalue weighted by Gasteiger charge is -2.30. The van der Waals surface area contributed by atoms with Crippen LogP contribution in [0.2, 0.25) is 0 Å². The summed E-state index contributed by atoms with van der Waals surface area (Å²) >= 11 is 0. The van der Waals surface area contributed by atoms with Crippen LogP contribution >= 0.6 is 0 Å². The van der Waals surface area contributed by atoms with Crippen LogP contribution in [0.15, 0.2) is 230 Å². The zero-order valence-corrected chi connectivity index (χ0v) is 35.7. The van der Waals surface area contributed by atoms with E-state index in [2.05, 4.69) is 200 Å². The van der Waals surface area contributed by atoms with Gasteiger partial charge in [-0.2, -0.15) is 30.0 Å². The van der Waals surface area contributed by atoms with Crippen molar-refractivity contribution in [2.24, 2.45) is 30.0 Å². The zero-order valence-electron chi connectivity index (χ0n) is 35.7. The third-order valence-corrected chi connectivity index (χ3v) is 13.8. The first-order chi connectivity index (χ1) is 33.1. The number of hydrogen-bond acceptors (Lipinski definition) is 7. The minimum absolute atomic E-state index is 0.412. The molecule has 0 aliphatic carbocycles. The van der Waals surface area contributed by atoms with E-state index in [-0.39, 0.29) is 0 Å². The van der Waals surface area contributed by atoms with Crippen LogP contribution in [-0.2, 0) is 0 Å². The molecule has 0 radical (unpaired) electrons. The van der Waals surface area contributed by atoms with Crippen LogP contribution in [0.4, 0.5) is 0 Å². The van der Waals surface area contributed by atoms with Gasteiger partial charge in [-0.1, -0.05) is 182 Å². The molecule has 0 saturated heterocycles. The third kappa shape index (κ3) is 5.46.